The second-order valence-corrected chi connectivity index (χ2v) is 5.16. The average molecular weight is 289 g/mol. The summed E-state index contributed by atoms with van der Waals surface area (Å²) in [5.74, 6) is 0.157. The molecule has 7 heteroatoms. The molecule has 2 amide bonds. The number of carbonyl (C=O) groups is 1. The lowest BCUT2D eigenvalue weighted by Crippen LogP contribution is -2.40. The number of hydrogen-bond donors (Lipinski definition) is 1. The van der Waals surface area contributed by atoms with Crippen LogP contribution < -0.4 is 5.73 Å². The molecule has 2 aromatic rings. The van der Waals surface area contributed by atoms with Crippen LogP contribution in [0, 0.1) is 5.82 Å². The molecule has 2 N–H and O–H groups in total. The predicted molar refractivity (Wildman–Crippen MR) is 74.3 cm³/mol. The fourth-order valence-corrected chi connectivity index (χ4v) is 2.71. The molecule has 6 nitrogen and oxygen atoms in total. The van der Waals surface area contributed by atoms with Gasteiger partial charge in [-0.2, -0.15) is 5.10 Å². The van der Waals surface area contributed by atoms with E-state index in [-0.39, 0.29) is 12.1 Å². The summed E-state index contributed by atoms with van der Waals surface area (Å²) in [7, 11) is 0. The van der Waals surface area contributed by atoms with Crippen LogP contribution in [-0.2, 0) is 6.42 Å². The van der Waals surface area contributed by atoms with Crippen LogP contribution in [0.4, 0.5) is 9.18 Å². The van der Waals surface area contributed by atoms with Crippen molar-refractivity contribution >= 4 is 6.03 Å². The van der Waals surface area contributed by atoms with Gasteiger partial charge in [0.2, 0.25) is 0 Å². The summed E-state index contributed by atoms with van der Waals surface area (Å²) in [5, 5.41) is 3.86. The van der Waals surface area contributed by atoms with Gasteiger partial charge in [0.1, 0.15) is 0 Å². The van der Waals surface area contributed by atoms with Gasteiger partial charge in [0.05, 0.1) is 12.4 Å². The van der Waals surface area contributed by atoms with Crippen molar-refractivity contribution < 1.29 is 9.18 Å². The first-order chi connectivity index (χ1) is 10.1. The molecule has 0 aliphatic carbocycles. The van der Waals surface area contributed by atoms with E-state index in [0.717, 1.165) is 37.6 Å². The number of aromatic nitrogens is 3. The molecule has 1 aliphatic rings. The minimum absolute atomic E-state index is 0.136. The van der Waals surface area contributed by atoms with Crippen LogP contribution in [0.5, 0.6) is 0 Å². The smallest absolute Gasteiger partial charge is 0.315 e. The Morgan fingerprint density at radius 2 is 2.29 bits per heavy atom. The number of primary amides is 1. The van der Waals surface area contributed by atoms with E-state index in [1.807, 2.05) is 6.07 Å². The molecule has 1 saturated heterocycles. The fraction of sp³-hybridized carbons (Fsp3) is 0.357. The third-order valence-corrected chi connectivity index (χ3v) is 3.73. The van der Waals surface area contributed by atoms with E-state index in [2.05, 4.69) is 10.1 Å². The molecule has 3 heterocycles. The lowest BCUT2D eigenvalue weighted by atomic mass is 10.1. The normalized spacial score (nSPS) is 18.1. The third kappa shape index (κ3) is 2.86. The molecule has 2 aromatic heterocycles. The van der Waals surface area contributed by atoms with E-state index in [1.54, 1.807) is 17.2 Å². The Bertz CT molecular complexity index is 639. The first-order valence-electron chi connectivity index (χ1n) is 6.85. The van der Waals surface area contributed by atoms with Crippen molar-refractivity contribution in [2.75, 3.05) is 6.54 Å². The molecule has 0 bridgehead atoms. The van der Waals surface area contributed by atoms with E-state index in [9.17, 15) is 9.18 Å². The topological polar surface area (TPSA) is 77.0 Å². The minimum atomic E-state index is -0.399. The zero-order valence-corrected chi connectivity index (χ0v) is 11.4. The summed E-state index contributed by atoms with van der Waals surface area (Å²) in [6.07, 6.45) is 6.80. The quantitative estimate of drug-likeness (QED) is 0.930. The average Bonchev–Trinajstić information content (AvgIpc) is 3.09. The first kappa shape index (κ1) is 13.5. The number of likely N-dealkylation sites (tertiary alicyclic amines) is 1. The Labute approximate surface area is 121 Å². The summed E-state index contributed by atoms with van der Waals surface area (Å²) in [5.41, 5.74) is 6.39. The van der Waals surface area contributed by atoms with Gasteiger partial charge in [0.25, 0.3) is 0 Å². The van der Waals surface area contributed by atoms with Crippen LogP contribution in [-0.4, -0.2) is 38.3 Å². The van der Waals surface area contributed by atoms with E-state index >= 15 is 0 Å². The minimum Gasteiger partial charge on any atom is -0.351 e. The molecule has 0 radical (unpaired) electrons. The Morgan fingerprint density at radius 3 is 2.90 bits per heavy atom. The van der Waals surface area contributed by atoms with Crippen LogP contribution in [0.15, 0.2) is 30.7 Å². The largest absolute Gasteiger partial charge is 0.351 e. The van der Waals surface area contributed by atoms with Crippen molar-refractivity contribution in [2.24, 2.45) is 5.73 Å². The zero-order valence-electron chi connectivity index (χ0n) is 11.4. The second kappa shape index (κ2) is 5.51. The van der Waals surface area contributed by atoms with Crippen LogP contribution in [0.3, 0.4) is 0 Å². The SMILES string of the molecule is NC(=O)N1CCCC1Cc1ccc(-n2cc(F)cn2)nc1. The maximum absolute atomic E-state index is 12.9. The summed E-state index contributed by atoms with van der Waals surface area (Å²) in [6.45, 7) is 0.720. The summed E-state index contributed by atoms with van der Waals surface area (Å²) >= 11 is 0. The van der Waals surface area contributed by atoms with Crippen molar-refractivity contribution in [3.05, 3.63) is 42.1 Å². The Hall–Kier alpha value is -2.44. The lowest BCUT2D eigenvalue weighted by Gasteiger charge is -2.22. The van der Waals surface area contributed by atoms with Crippen LogP contribution >= 0.6 is 0 Å². The van der Waals surface area contributed by atoms with Gasteiger partial charge in [-0.15, -0.1) is 0 Å². The van der Waals surface area contributed by atoms with Gasteiger partial charge in [-0.1, -0.05) is 6.07 Å². The number of urea groups is 1. The van der Waals surface area contributed by atoms with Crippen molar-refractivity contribution in [3.8, 4) is 5.82 Å². The molecule has 0 saturated carbocycles. The molecule has 3 rings (SSSR count). The Balaban J connectivity index is 1.71. The number of hydrogen-bond acceptors (Lipinski definition) is 3. The van der Waals surface area contributed by atoms with E-state index < -0.39 is 5.82 Å². The first-order valence-corrected chi connectivity index (χ1v) is 6.85. The monoisotopic (exact) mass is 289 g/mol. The maximum Gasteiger partial charge on any atom is 0.315 e. The molecule has 110 valence electrons. The van der Waals surface area contributed by atoms with Gasteiger partial charge in [-0.05, 0) is 30.9 Å². The van der Waals surface area contributed by atoms with Gasteiger partial charge in [-0.3, -0.25) is 0 Å². The van der Waals surface area contributed by atoms with Crippen LogP contribution in [0.2, 0.25) is 0 Å². The molecule has 0 spiro atoms. The highest BCUT2D eigenvalue weighted by molar-refractivity contribution is 5.72. The molecule has 21 heavy (non-hydrogen) atoms. The van der Waals surface area contributed by atoms with Gasteiger partial charge in [0.15, 0.2) is 11.6 Å². The number of nitrogens with zero attached hydrogens (tertiary/aromatic N) is 4. The molecule has 1 unspecified atom stereocenters. The molecule has 1 aliphatic heterocycles. The van der Waals surface area contributed by atoms with Crippen molar-refractivity contribution in [1.29, 1.82) is 0 Å². The second-order valence-electron chi connectivity index (χ2n) is 5.16. The van der Waals surface area contributed by atoms with Gasteiger partial charge >= 0.3 is 6.03 Å². The highest BCUT2D eigenvalue weighted by atomic mass is 19.1. The standard InChI is InChI=1S/C14H16FN5O/c15-11-8-18-20(9-11)13-4-3-10(7-17-13)6-12-2-1-5-19(12)14(16)21/h3-4,7-9,12H,1-2,5-6H2,(H2,16,21). The Morgan fingerprint density at radius 1 is 1.43 bits per heavy atom. The van der Waals surface area contributed by atoms with Crippen molar-refractivity contribution in [3.63, 3.8) is 0 Å². The molecule has 1 fully saturated rings. The van der Waals surface area contributed by atoms with E-state index in [4.69, 9.17) is 5.73 Å². The highest BCUT2D eigenvalue weighted by Gasteiger charge is 2.27. The van der Waals surface area contributed by atoms with Crippen LogP contribution in [0.25, 0.3) is 5.82 Å². The predicted octanol–water partition coefficient (Wildman–Crippen LogP) is 1.49. The van der Waals surface area contributed by atoms with Crippen LogP contribution in [0.1, 0.15) is 18.4 Å². The number of rotatable bonds is 3. The molecular formula is C14H16FN5O. The van der Waals surface area contributed by atoms with Crippen molar-refractivity contribution in [1.82, 2.24) is 19.7 Å². The number of carbonyl (C=O) groups excluding carboxylic acids is 1. The van der Waals surface area contributed by atoms with Gasteiger partial charge in [-0.25, -0.2) is 18.9 Å². The summed E-state index contributed by atoms with van der Waals surface area (Å²) in [4.78, 5) is 17.3. The van der Waals surface area contributed by atoms with Crippen molar-refractivity contribution in [2.45, 2.75) is 25.3 Å². The van der Waals surface area contributed by atoms with Gasteiger partial charge < -0.3 is 10.6 Å². The highest BCUT2D eigenvalue weighted by Crippen LogP contribution is 2.20. The number of amides is 2. The van der Waals surface area contributed by atoms with E-state index in [0.29, 0.717) is 5.82 Å². The summed E-state index contributed by atoms with van der Waals surface area (Å²) < 4.78 is 14.3. The maximum atomic E-state index is 12.9. The summed E-state index contributed by atoms with van der Waals surface area (Å²) in [6, 6.07) is 3.47. The molecule has 1 atom stereocenters. The zero-order chi connectivity index (χ0) is 14.8. The van der Waals surface area contributed by atoms with Gasteiger partial charge in [0, 0.05) is 18.8 Å². The van der Waals surface area contributed by atoms with E-state index in [1.165, 1.54) is 10.9 Å². The number of halogens is 1. The Kier molecular flexibility index (Phi) is 3.55. The fourth-order valence-electron chi connectivity index (χ4n) is 2.71. The molecule has 0 aromatic carbocycles. The third-order valence-electron chi connectivity index (χ3n) is 3.73. The lowest BCUT2D eigenvalue weighted by molar-refractivity contribution is 0.202. The number of nitrogens with two attached hydrogens (primary N) is 1. The molecular weight excluding hydrogens is 273 g/mol. The number of pyridine rings is 1.